The number of amides is 2. The molecule has 0 saturated heterocycles. The molecular formula is C19H17N3O3. The van der Waals surface area contributed by atoms with Gasteiger partial charge in [0.1, 0.15) is 5.76 Å². The van der Waals surface area contributed by atoms with Crippen LogP contribution in [0.3, 0.4) is 0 Å². The Morgan fingerprint density at radius 3 is 2.40 bits per heavy atom. The molecule has 0 spiro atoms. The highest BCUT2D eigenvalue weighted by Gasteiger charge is 2.14. The van der Waals surface area contributed by atoms with E-state index in [1.165, 1.54) is 0 Å². The summed E-state index contributed by atoms with van der Waals surface area (Å²) in [6.45, 7) is 1.78. The molecule has 3 rings (SSSR count). The van der Waals surface area contributed by atoms with Crippen LogP contribution in [0.5, 0.6) is 0 Å². The number of aromatic nitrogens is 1. The fourth-order valence-electron chi connectivity index (χ4n) is 2.37. The highest BCUT2D eigenvalue weighted by molar-refractivity contribution is 5.95. The number of hydrogen-bond donors (Lipinski definition) is 2. The first-order valence-corrected chi connectivity index (χ1v) is 7.74. The number of carbonyl (C=O) groups is 2. The summed E-state index contributed by atoms with van der Waals surface area (Å²) >= 11 is 0. The molecule has 6 nitrogen and oxygen atoms in total. The number of carbonyl (C=O) groups excluding carboxylic acids is 2. The Bertz CT molecular complexity index is 899. The van der Waals surface area contributed by atoms with Crippen molar-refractivity contribution in [1.82, 2.24) is 4.98 Å². The Hall–Kier alpha value is -3.41. The van der Waals surface area contributed by atoms with Gasteiger partial charge in [-0.3, -0.25) is 9.59 Å². The summed E-state index contributed by atoms with van der Waals surface area (Å²) in [4.78, 5) is 27.7. The van der Waals surface area contributed by atoms with Crippen molar-refractivity contribution in [2.24, 2.45) is 5.73 Å². The van der Waals surface area contributed by atoms with Gasteiger partial charge < -0.3 is 15.5 Å². The summed E-state index contributed by atoms with van der Waals surface area (Å²) in [5.74, 6) is 0.372. The van der Waals surface area contributed by atoms with Gasteiger partial charge in [-0.15, -0.1) is 0 Å². The topological polar surface area (TPSA) is 98.2 Å². The second-order valence-corrected chi connectivity index (χ2v) is 5.55. The van der Waals surface area contributed by atoms with Crippen LogP contribution in [0, 0.1) is 6.92 Å². The Kier molecular flexibility index (Phi) is 4.61. The summed E-state index contributed by atoms with van der Waals surface area (Å²) in [6, 6.07) is 15.9. The molecule has 0 saturated carbocycles. The minimum Gasteiger partial charge on any atom is -0.441 e. The standard InChI is InChI=1S/C19H17N3O3/c1-12-16(22-19(25-12)14-5-3-2-4-6-14)11-17(23)21-15-9-7-13(8-10-15)18(20)24/h2-10H,11H2,1H3,(H2,20,24)(H,21,23). The number of benzene rings is 2. The summed E-state index contributed by atoms with van der Waals surface area (Å²) in [5, 5.41) is 2.76. The van der Waals surface area contributed by atoms with E-state index in [-0.39, 0.29) is 12.3 Å². The van der Waals surface area contributed by atoms with Crippen LogP contribution in [0.2, 0.25) is 0 Å². The monoisotopic (exact) mass is 335 g/mol. The van der Waals surface area contributed by atoms with E-state index >= 15 is 0 Å². The van der Waals surface area contributed by atoms with Gasteiger partial charge in [-0.25, -0.2) is 4.98 Å². The summed E-state index contributed by atoms with van der Waals surface area (Å²) in [7, 11) is 0. The molecule has 0 unspecified atom stereocenters. The van der Waals surface area contributed by atoms with Crippen LogP contribution in [-0.2, 0) is 11.2 Å². The van der Waals surface area contributed by atoms with E-state index in [9.17, 15) is 9.59 Å². The molecule has 1 aromatic heterocycles. The lowest BCUT2D eigenvalue weighted by atomic mass is 10.2. The maximum absolute atomic E-state index is 12.2. The van der Waals surface area contributed by atoms with Gasteiger partial charge in [0.15, 0.2) is 0 Å². The number of nitrogens with one attached hydrogen (secondary N) is 1. The van der Waals surface area contributed by atoms with Gasteiger partial charge in [-0.1, -0.05) is 18.2 Å². The first kappa shape index (κ1) is 16.4. The molecule has 2 aromatic carbocycles. The molecule has 3 aromatic rings. The second kappa shape index (κ2) is 7.00. The van der Waals surface area contributed by atoms with Crippen molar-refractivity contribution in [2.75, 3.05) is 5.32 Å². The van der Waals surface area contributed by atoms with Gasteiger partial charge in [-0.05, 0) is 43.3 Å². The van der Waals surface area contributed by atoms with Crippen molar-refractivity contribution in [3.8, 4) is 11.5 Å². The highest BCUT2D eigenvalue weighted by Crippen LogP contribution is 2.22. The van der Waals surface area contributed by atoms with E-state index in [1.54, 1.807) is 31.2 Å². The maximum Gasteiger partial charge on any atom is 0.248 e. The number of primary amides is 1. The zero-order chi connectivity index (χ0) is 17.8. The molecule has 0 aliphatic rings. The number of nitrogens with zero attached hydrogens (tertiary/aromatic N) is 1. The zero-order valence-electron chi connectivity index (χ0n) is 13.7. The molecule has 0 aliphatic heterocycles. The van der Waals surface area contributed by atoms with Crippen molar-refractivity contribution in [2.45, 2.75) is 13.3 Å². The molecule has 6 heteroatoms. The third-order valence-corrected chi connectivity index (χ3v) is 3.69. The van der Waals surface area contributed by atoms with E-state index in [0.717, 1.165) is 5.56 Å². The van der Waals surface area contributed by atoms with Crippen molar-refractivity contribution in [3.63, 3.8) is 0 Å². The molecule has 0 bridgehead atoms. The Labute approximate surface area is 144 Å². The van der Waals surface area contributed by atoms with Gasteiger partial charge in [0.2, 0.25) is 17.7 Å². The molecule has 0 radical (unpaired) electrons. The van der Waals surface area contributed by atoms with Gasteiger partial charge in [0.25, 0.3) is 0 Å². The predicted octanol–water partition coefficient (Wildman–Crippen LogP) is 2.93. The number of nitrogens with two attached hydrogens (primary N) is 1. The van der Waals surface area contributed by atoms with Crippen molar-refractivity contribution >= 4 is 17.5 Å². The number of hydrogen-bond acceptors (Lipinski definition) is 4. The molecule has 126 valence electrons. The smallest absolute Gasteiger partial charge is 0.248 e. The first-order chi connectivity index (χ1) is 12.0. The lowest BCUT2D eigenvalue weighted by molar-refractivity contribution is -0.115. The zero-order valence-corrected chi connectivity index (χ0v) is 13.7. The van der Waals surface area contributed by atoms with E-state index in [1.807, 2.05) is 30.3 Å². The number of anilines is 1. The van der Waals surface area contributed by atoms with Crippen LogP contribution in [0.15, 0.2) is 59.0 Å². The fraction of sp³-hybridized carbons (Fsp3) is 0.105. The Morgan fingerprint density at radius 2 is 1.76 bits per heavy atom. The average Bonchev–Trinajstić information content (AvgIpc) is 2.97. The third-order valence-electron chi connectivity index (χ3n) is 3.69. The van der Waals surface area contributed by atoms with Gasteiger partial charge in [-0.2, -0.15) is 0 Å². The van der Waals surface area contributed by atoms with E-state index in [0.29, 0.717) is 28.6 Å². The van der Waals surface area contributed by atoms with Gasteiger partial charge in [0.05, 0.1) is 12.1 Å². The first-order valence-electron chi connectivity index (χ1n) is 7.74. The molecular weight excluding hydrogens is 318 g/mol. The second-order valence-electron chi connectivity index (χ2n) is 5.55. The highest BCUT2D eigenvalue weighted by atomic mass is 16.4. The number of rotatable bonds is 5. The molecule has 0 fully saturated rings. The van der Waals surface area contributed by atoms with Gasteiger partial charge in [0, 0.05) is 16.8 Å². The Morgan fingerprint density at radius 1 is 1.08 bits per heavy atom. The average molecular weight is 335 g/mol. The predicted molar refractivity (Wildman–Crippen MR) is 94.0 cm³/mol. The van der Waals surface area contributed by atoms with Crippen LogP contribution in [0.1, 0.15) is 21.8 Å². The van der Waals surface area contributed by atoms with Crippen molar-refractivity contribution in [3.05, 3.63) is 71.6 Å². The minimum absolute atomic E-state index is 0.0970. The van der Waals surface area contributed by atoms with Crippen LogP contribution >= 0.6 is 0 Å². The lowest BCUT2D eigenvalue weighted by Crippen LogP contribution is -2.15. The van der Waals surface area contributed by atoms with E-state index in [4.69, 9.17) is 10.2 Å². The summed E-state index contributed by atoms with van der Waals surface area (Å²) < 4.78 is 5.65. The van der Waals surface area contributed by atoms with Crippen LogP contribution in [0.4, 0.5) is 5.69 Å². The SMILES string of the molecule is Cc1oc(-c2ccccc2)nc1CC(=O)Nc1ccc(C(N)=O)cc1. The normalized spacial score (nSPS) is 10.4. The lowest BCUT2D eigenvalue weighted by Gasteiger charge is -2.04. The van der Waals surface area contributed by atoms with Crippen LogP contribution in [-0.4, -0.2) is 16.8 Å². The van der Waals surface area contributed by atoms with Crippen molar-refractivity contribution in [1.29, 1.82) is 0 Å². The number of aryl methyl sites for hydroxylation is 1. The largest absolute Gasteiger partial charge is 0.441 e. The van der Waals surface area contributed by atoms with Gasteiger partial charge >= 0.3 is 0 Å². The summed E-state index contributed by atoms with van der Waals surface area (Å²) in [5.41, 5.74) is 7.61. The molecule has 25 heavy (non-hydrogen) atoms. The van der Waals surface area contributed by atoms with E-state index in [2.05, 4.69) is 10.3 Å². The third kappa shape index (κ3) is 3.92. The maximum atomic E-state index is 12.2. The molecule has 0 atom stereocenters. The molecule has 1 heterocycles. The quantitative estimate of drug-likeness (QED) is 0.749. The molecule has 3 N–H and O–H groups in total. The van der Waals surface area contributed by atoms with Crippen molar-refractivity contribution < 1.29 is 14.0 Å². The molecule has 0 aliphatic carbocycles. The fourth-order valence-corrected chi connectivity index (χ4v) is 2.37. The Balaban J connectivity index is 1.69. The number of oxazole rings is 1. The summed E-state index contributed by atoms with van der Waals surface area (Å²) in [6.07, 6.45) is 0.0970. The van der Waals surface area contributed by atoms with Crippen LogP contribution in [0.25, 0.3) is 11.5 Å². The minimum atomic E-state index is -0.510. The van der Waals surface area contributed by atoms with E-state index < -0.39 is 5.91 Å². The van der Waals surface area contributed by atoms with Crippen LogP contribution < -0.4 is 11.1 Å². The molecule has 2 amide bonds.